The molecule has 0 aliphatic carbocycles. The molecule has 11 heteroatoms. The highest BCUT2D eigenvalue weighted by molar-refractivity contribution is 7.91. The van der Waals surface area contributed by atoms with E-state index in [2.05, 4.69) is 29.0 Å². The third-order valence-electron chi connectivity index (χ3n) is 7.95. The standard InChI is InChI=1S/C32H35N5O5S/c1-20-18-37(19-21(2)42-20)31-6-4-5-27(36-31)28-10-9-24-16-33-25(15-29(24)35-28)17-34-32(38)23-8-7-22-13-26(41-3)11-12-43(39,40)30(22)14-23/h4-10,14-16,20-21,26H,11-13,17-19H2,1-3H3,(H,34,38)/t20-,21+,26?. The van der Waals surface area contributed by atoms with E-state index in [1.165, 1.54) is 6.07 Å². The number of carbonyl (C=O) groups is 1. The van der Waals surface area contributed by atoms with Crippen LogP contribution in [0, 0.1) is 0 Å². The van der Waals surface area contributed by atoms with Gasteiger partial charge in [-0.1, -0.05) is 12.1 Å². The number of ether oxygens (including phenoxy) is 2. The van der Waals surface area contributed by atoms with Gasteiger partial charge in [0, 0.05) is 37.3 Å². The van der Waals surface area contributed by atoms with Gasteiger partial charge >= 0.3 is 0 Å². The van der Waals surface area contributed by atoms with Crippen molar-refractivity contribution in [2.75, 3.05) is 30.9 Å². The first-order chi connectivity index (χ1) is 20.7. The molecule has 6 rings (SSSR count). The van der Waals surface area contributed by atoms with Crippen LogP contribution in [0.25, 0.3) is 22.3 Å². The van der Waals surface area contributed by atoms with Gasteiger partial charge in [-0.25, -0.2) is 18.4 Å². The quantitative estimate of drug-likeness (QED) is 0.350. The normalized spacial score (nSPS) is 21.7. The van der Waals surface area contributed by atoms with E-state index in [0.29, 0.717) is 24.1 Å². The zero-order chi connectivity index (χ0) is 30.1. The molecular weight excluding hydrogens is 566 g/mol. The van der Waals surface area contributed by atoms with Crippen molar-refractivity contribution in [1.29, 1.82) is 0 Å². The highest BCUT2D eigenvalue weighted by atomic mass is 32.2. The minimum atomic E-state index is -3.50. The average Bonchev–Trinajstić information content (AvgIpc) is 3.13. The molecule has 224 valence electrons. The topological polar surface area (TPSA) is 124 Å². The molecule has 1 saturated heterocycles. The first-order valence-corrected chi connectivity index (χ1v) is 16.1. The highest BCUT2D eigenvalue weighted by Crippen LogP contribution is 2.27. The third-order valence-corrected chi connectivity index (χ3v) is 9.78. The Morgan fingerprint density at radius 3 is 2.63 bits per heavy atom. The molecule has 1 aromatic carbocycles. The predicted molar refractivity (Wildman–Crippen MR) is 164 cm³/mol. The summed E-state index contributed by atoms with van der Waals surface area (Å²) in [6.07, 6.45) is 2.75. The number of benzene rings is 1. The molecule has 0 bridgehead atoms. The first-order valence-electron chi connectivity index (χ1n) is 14.5. The molecule has 5 heterocycles. The van der Waals surface area contributed by atoms with Crippen molar-refractivity contribution in [3.63, 3.8) is 0 Å². The minimum Gasteiger partial charge on any atom is -0.381 e. The maximum absolute atomic E-state index is 13.0. The molecule has 1 fully saturated rings. The SMILES string of the molecule is COC1CCS(=O)(=O)c2cc(C(=O)NCc3cc4nc(-c5cccc(N6C[C@@H](C)O[C@@H](C)C6)n5)ccc4cn3)ccc2C1. The molecular formula is C32H35N5O5S. The summed E-state index contributed by atoms with van der Waals surface area (Å²) in [5.74, 6) is 0.510. The van der Waals surface area contributed by atoms with Crippen LogP contribution in [0.3, 0.4) is 0 Å². The van der Waals surface area contributed by atoms with Crippen molar-refractivity contribution in [2.24, 2.45) is 0 Å². The van der Waals surface area contributed by atoms with Gasteiger partial charge in [0.2, 0.25) is 0 Å². The molecule has 43 heavy (non-hydrogen) atoms. The van der Waals surface area contributed by atoms with Crippen LogP contribution in [0.5, 0.6) is 0 Å². The summed E-state index contributed by atoms with van der Waals surface area (Å²) in [6, 6.07) is 16.5. The van der Waals surface area contributed by atoms with Crippen LogP contribution in [0.2, 0.25) is 0 Å². The van der Waals surface area contributed by atoms with E-state index < -0.39 is 9.84 Å². The van der Waals surface area contributed by atoms with Crippen LogP contribution in [0.15, 0.2) is 65.7 Å². The Kier molecular flexibility index (Phi) is 8.13. The number of nitrogens with one attached hydrogen (secondary N) is 1. The lowest BCUT2D eigenvalue weighted by atomic mass is 10.0. The number of fused-ring (bicyclic) bond motifs is 2. The second-order valence-corrected chi connectivity index (χ2v) is 13.4. The largest absolute Gasteiger partial charge is 0.381 e. The van der Waals surface area contributed by atoms with Crippen molar-refractivity contribution in [1.82, 2.24) is 20.3 Å². The zero-order valence-corrected chi connectivity index (χ0v) is 25.3. The summed E-state index contributed by atoms with van der Waals surface area (Å²) in [7, 11) is -1.92. The van der Waals surface area contributed by atoms with Crippen LogP contribution in [-0.4, -0.2) is 73.5 Å². The lowest BCUT2D eigenvalue weighted by molar-refractivity contribution is -0.00545. The van der Waals surface area contributed by atoms with Crippen molar-refractivity contribution < 1.29 is 22.7 Å². The fraction of sp³-hybridized carbons (Fsp3) is 0.375. The van der Waals surface area contributed by atoms with E-state index in [1.54, 1.807) is 25.4 Å². The maximum Gasteiger partial charge on any atom is 0.251 e. The Morgan fingerprint density at radius 2 is 1.84 bits per heavy atom. The molecule has 1 N–H and O–H groups in total. The summed E-state index contributed by atoms with van der Waals surface area (Å²) >= 11 is 0. The van der Waals surface area contributed by atoms with Gasteiger partial charge in [-0.05, 0) is 74.7 Å². The van der Waals surface area contributed by atoms with Gasteiger partial charge in [-0.15, -0.1) is 0 Å². The van der Waals surface area contributed by atoms with Crippen LogP contribution < -0.4 is 10.2 Å². The van der Waals surface area contributed by atoms with E-state index in [0.717, 1.165) is 41.2 Å². The third kappa shape index (κ3) is 6.39. The second kappa shape index (κ2) is 12.0. The van der Waals surface area contributed by atoms with Crippen LogP contribution in [0.4, 0.5) is 5.82 Å². The van der Waals surface area contributed by atoms with Gasteiger partial charge in [0.15, 0.2) is 9.84 Å². The van der Waals surface area contributed by atoms with Crippen LogP contribution in [0.1, 0.15) is 41.9 Å². The monoisotopic (exact) mass is 601 g/mol. The summed E-state index contributed by atoms with van der Waals surface area (Å²) < 4.78 is 37.0. The molecule has 4 aromatic rings. The number of anilines is 1. The molecule has 3 atom stereocenters. The number of hydrogen-bond donors (Lipinski definition) is 1. The van der Waals surface area contributed by atoms with Gasteiger partial charge in [-0.2, -0.15) is 0 Å². The number of carbonyl (C=O) groups excluding carboxylic acids is 1. The molecule has 0 radical (unpaired) electrons. The number of rotatable bonds is 6. The second-order valence-electron chi connectivity index (χ2n) is 11.3. The Balaban J connectivity index is 1.18. The first kappa shape index (κ1) is 29.2. The average molecular weight is 602 g/mol. The fourth-order valence-corrected chi connectivity index (χ4v) is 7.43. The molecule has 2 aliphatic heterocycles. The summed E-state index contributed by atoms with van der Waals surface area (Å²) in [6.45, 7) is 5.87. The summed E-state index contributed by atoms with van der Waals surface area (Å²) in [4.78, 5) is 29.7. The molecule has 0 spiro atoms. The Labute approximate surface area is 251 Å². The van der Waals surface area contributed by atoms with Gasteiger partial charge in [0.25, 0.3) is 5.91 Å². The maximum atomic E-state index is 13.0. The van der Waals surface area contributed by atoms with Gasteiger partial charge in [0.05, 0.1) is 58.1 Å². The molecule has 10 nitrogen and oxygen atoms in total. The highest BCUT2D eigenvalue weighted by Gasteiger charge is 2.28. The van der Waals surface area contributed by atoms with Gasteiger partial charge in [-0.3, -0.25) is 9.78 Å². The minimum absolute atomic E-state index is 0.00891. The smallest absolute Gasteiger partial charge is 0.251 e. The van der Waals surface area contributed by atoms with Gasteiger partial charge < -0.3 is 19.7 Å². The number of aromatic nitrogens is 3. The van der Waals surface area contributed by atoms with E-state index in [1.807, 2.05) is 36.4 Å². The summed E-state index contributed by atoms with van der Waals surface area (Å²) in [5.41, 5.74) is 3.84. The molecule has 3 aromatic heterocycles. The molecule has 2 aliphatic rings. The number of hydrogen-bond acceptors (Lipinski definition) is 9. The van der Waals surface area contributed by atoms with Crippen LogP contribution >= 0.6 is 0 Å². The zero-order valence-electron chi connectivity index (χ0n) is 24.5. The Bertz CT molecular complexity index is 1770. The van der Waals surface area contributed by atoms with Crippen molar-refractivity contribution in [3.8, 4) is 11.4 Å². The number of morpholine rings is 1. The summed E-state index contributed by atoms with van der Waals surface area (Å²) in [5, 5.41) is 3.74. The number of pyridine rings is 3. The van der Waals surface area contributed by atoms with E-state index in [-0.39, 0.29) is 47.0 Å². The fourth-order valence-electron chi connectivity index (χ4n) is 5.78. The number of nitrogens with zero attached hydrogens (tertiary/aromatic N) is 4. The number of methoxy groups -OCH3 is 1. The Hall–Kier alpha value is -3.93. The molecule has 1 unspecified atom stereocenters. The lowest BCUT2D eigenvalue weighted by Crippen LogP contribution is -2.45. The number of sulfone groups is 1. The van der Waals surface area contributed by atoms with E-state index >= 15 is 0 Å². The molecule has 0 saturated carbocycles. The van der Waals surface area contributed by atoms with E-state index in [9.17, 15) is 13.2 Å². The lowest BCUT2D eigenvalue weighted by Gasteiger charge is -2.36. The molecule has 1 amide bonds. The number of amides is 1. The van der Waals surface area contributed by atoms with Crippen molar-refractivity contribution >= 4 is 32.5 Å². The van der Waals surface area contributed by atoms with Crippen LogP contribution in [-0.2, 0) is 32.3 Å². The van der Waals surface area contributed by atoms with Gasteiger partial charge in [0.1, 0.15) is 5.82 Å². The van der Waals surface area contributed by atoms with E-state index in [4.69, 9.17) is 19.4 Å². The van der Waals surface area contributed by atoms with Crippen molar-refractivity contribution in [2.45, 2.75) is 56.4 Å². The predicted octanol–water partition coefficient (Wildman–Crippen LogP) is 3.97. The van der Waals surface area contributed by atoms with Crippen molar-refractivity contribution in [3.05, 3.63) is 77.6 Å². The Morgan fingerprint density at radius 1 is 1.05 bits per heavy atom.